The summed E-state index contributed by atoms with van der Waals surface area (Å²) in [5.74, 6) is -0.948. The third kappa shape index (κ3) is 61.2. The Morgan fingerprint density at radius 3 is 0.842 bits per heavy atom. The molecule has 0 amide bonds. The van der Waals surface area contributed by atoms with Crippen LogP contribution in [0.2, 0.25) is 0 Å². The summed E-state index contributed by atoms with van der Waals surface area (Å²) in [6, 6.07) is 0. The van der Waals surface area contributed by atoms with Crippen LogP contribution in [-0.2, 0) is 28.6 Å². The van der Waals surface area contributed by atoms with Crippen molar-refractivity contribution < 1.29 is 28.6 Å². The molecular formula is C70H120O6. The van der Waals surface area contributed by atoms with Gasteiger partial charge in [0.25, 0.3) is 0 Å². The predicted octanol–water partition coefficient (Wildman–Crippen LogP) is 22.0. The molecule has 0 aromatic rings. The van der Waals surface area contributed by atoms with Gasteiger partial charge in [0.15, 0.2) is 6.10 Å². The zero-order valence-electron chi connectivity index (χ0n) is 50.0. The van der Waals surface area contributed by atoms with Crippen LogP contribution in [0.25, 0.3) is 0 Å². The lowest BCUT2D eigenvalue weighted by atomic mass is 10.0. The molecule has 1 atom stereocenters. The van der Waals surface area contributed by atoms with Crippen molar-refractivity contribution in [3.05, 3.63) is 97.2 Å². The Kier molecular flexibility index (Phi) is 60.8. The number of rotatable bonds is 58. The molecule has 0 N–H and O–H groups in total. The van der Waals surface area contributed by atoms with Crippen molar-refractivity contribution in [1.82, 2.24) is 0 Å². The summed E-state index contributed by atoms with van der Waals surface area (Å²) in [5.41, 5.74) is 0. The van der Waals surface area contributed by atoms with Crippen LogP contribution < -0.4 is 0 Å². The van der Waals surface area contributed by atoms with E-state index in [0.29, 0.717) is 19.3 Å². The van der Waals surface area contributed by atoms with Gasteiger partial charge in [0, 0.05) is 19.3 Å². The molecule has 6 nitrogen and oxygen atoms in total. The van der Waals surface area contributed by atoms with Crippen LogP contribution in [0.4, 0.5) is 0 Å². The number of carbonyl (C=O) groups is 3. The largest absolute Gasteiger partial charge is 0.462 e. The Bertz CT molecular complexity index is 1490. The van der Waals surface area contributed by atoms with Crippen molar-refractivity contribution in [3.8, 4) is 0 Å². The molecule has 76 heavy (non-hydrogen) atoms. The van der Waals surface area contributed by atoms with Gasteiger partial charge in [-0.05, 0) is 96.3 Å². The molecule has 1 unspecified atom stereocenters. The molecule has 0 aliphatic heterocycles. The van der Waals surface area contributed by atoms with E-state index < -0.39 is 6.10 Å². The minimum Gasteiger partial charge on any atom is -0.462 e. The molecule has 0 saturated carbocycles. The summed E-state index contributed by atoms with van der Waals surface area (Å²) in [6.07, 6.45) is 85.7. The van der Waals surface area contributed by atoms with Gasteiger partial charge >= 0.3 is 17.9 Å². The molecule has 0 aromatic heterocycles. The number of unbranched alkanes of at least 4 members (excludes halogenated alkanes) is 31. The zero-order chi connectivity index (χ0) is 55.0. The van der Waals surface area contributed by atoms with E-state index in [4.69, 9.17) is 14.2 Å². The molecule has 0 bridgehead atoms. The van der Waals surface area contributed by atoms with E-state index in [9.17, 15) is 14.4 Å². The third-order valence-electron chi connectivity index (χ3n) is 13.8. The molecule has 436 valence electrons. The Labute approximate surface area is 470 Å². The second-order valence-electron chi connectivity index (χ2n) is 21.3. The van der Waals surface area contributed by atoms with E-state index in [1.165, 1.54) is 173 Å². The van der Waals surface area contributed by atoms with E-state index >= 15 is 0 Å². The number of hydrogen-bond donors (Lipinski definition) is 0. The second kappa shape index (κ2) is 63.9. The molecule has 0 heterocycles. The van der Waals surface area contributed by atoms with Crippen LogP contribution >= 0.6 is 0 Å². The van der Waals surface area contributed by atoms with Gasteiger partial charge in [0.1, 0.15) is 13.2 Å². The van der Waals surface area contributed by atoms with Gasteiger partial charge in [0.05, 0.1) is 0 Å². The quantitative estimate of drug-likeness (QED) is 0.0261. The van der Waals surface area contributed by atoms with Crippen LogP contribution in [0.5, 0.6) is 0 Å². The number of esters is 3. The number of allylic oxidation sites excluding steroid dienone is 16. The van der Waals surface area contributed by atoms with Crippen molar-refractivity contribution in [2.75, 3.05) is 13.2 Å². The molecule has 0 fully saturated rings. The molecule has 0 aliphatic rings. The van der Waals surface area contributed by atoms with Crippen LogP contribution in [0.15, 0.2) is 97.2 Å². The molecule has 0 aliphatic carbocycles. The highest BCUT2D eigenvalue weighted by Gasteiger charge is 2.19. The molecule has 0 rings (SSSR count). The number of hydrogen-bond acceptors (Lipinski definition) is 6. The van der Waals surface area contributed by atoms with E-state index in [-0.39, 0.29) is 37.5 Å². The van der Waals surface area contributed by atoms with E-state index in [0.717, 1.165) is 89.9 Å². The topological polar surface area (TPSA) is 78.9 Å². The first kappa shape index (κ1) is 72.3. The van der Waals surface area contributed by atoms with Crippen molar-refractivity contribution in [1.29, 1.82) is 0 Å². The summed E-state index contributed by atoms with van der Waals surface area (Å²) in [7, 11) is 0. The number of carbonyl (C=O) groups excluding carboxylic acids is 3. The Balaban J connectivity index is 4.28. The van der Waals surface area contributed by atoms with E-state index in [1.807, 2.05) is 0 Å². The highest BCUT2D eigenvalue weighted by atomic mass is 16.6. The average Bonchev–Trinajstić information content (AvgIpc) is 3.42. The Morgan fingerprint density at radius 2 is 0.526 bits per heavy atom. The van der Waals surface area contributed by atoms with Crippen molar-refractivity contribution >= 4 is 17.9 Å². The first-order valence-corrected chi connectivity index (χ1v) is 32.2. The minimum atomic E-state index is -0.806. The number of ether oxygens (including phenoxy) is 3. The smallest absolute Gasteiger partial charge is 0.306 e. The predicted molar refractivity (Wildman–Crippen MR) is 330 cm³/mol. The van der Waals surface area contributed by atoms with Crippen LogP contribution in [0.1, 0.15) is 310 Å². The lowest BCUT2D eigenvalue weighted by molar-refractivity contribution is -0.167. The maximum Gasteiger partial charge on any atom is 0.306 e. The van der Waals surface area contributed by atoms with Gasteiger partial charge < -0.3 is 14.2 Å². The monoisotopic (exact) mass is 1060 g/mol. The van der Waals surface area contributed by atoms with Crippen molar-refractivity contribution in [3.63, 3.8) is 0 Å². The fourth-order valence-electron chi connectivity index (χ4n) is 9.02. The van der Waals surface area contributed by atoms with Gasteiger partial charge in [-0.25, -0.2) is 0 Å². The maximum atomic E-state index is 12.9. The molecule has 0 saturated heterocycles. The lowest BCUT2D eigenvalue weighted by Gasteiger charge is -2.18. The molecule has 0 radical (unpaired) electrons. The fraction of sp³-hybridized carbons (Fsp3) is 0.729. The van der Waals surface area contributed by atoms with Gasteiger partial charge in [-0.3, -0.25) is 14.4 Å². The van der Waals surface area contributed by atoms with Gasteiger partial charge in [0.2, 0.25) is 0 Å². The zero-order valence-corrected chi connectivity index (χ0v) is 50.0. The van der Waals surface area contributed by atoms with Gasteiger partial charge in [-0.2, -0.15) is 0 Å². The SMILES string of the molecule is CC/C=C\C/C=C\C/C=C\C/C=C\C/C=C\CCCC(=O)OC(COC(=O)CCCCCCCCCCCCCC)COC(=O)CCCCCCCCCCCCCCCC/C=C\C/C=C\C/C=C\CCCCCCC. The first-order valence-electron chi connectivity index (χ1n) is 32.2. The third-order valence-corrected chi connectivity index (χ3v) is 13.8. The average molecular weight is 1060 g/mol. The van der Waals surface area contributed by atoms with E-state index in [1.54, 1.807) is 0 Å². The van der Waals surface area contributed by atoms with Crippen LogP contribution in [-0.4, -0.2) is 37.2 Å². The summed E-state index contributed by atoms with van der Waals surface area (Å²) < 4.78 is 16.9. The second-order valence-corrected chi connectivity index (χ2v) is 21.3. The summed E-state index contributed by atoms with van der Waals surface area (Å²) in [6.45, 7) is 6.49. The van der Waals surface area contributed by atoms with Crippen LogP contribution in [0.3, 0.4) is 0 Å². The van der Waals surface area contributed by atoms with Gasteiger partial charge in [-0.1, -0.05) is 291 Å². The summed E-state index contributed by atoms with van der Waals surface area (Å²) >= 11 is 0. The lowest BCUT2D eigenvalue weighted by Crippen LogP contribution is -2.30. The summed E-state index contributed by atoms with van der Waals surface area (Å²) in [5, 5.41) is 0. The van der Waals surface area contributed by atoms with E-state index in [2.05, 4.69) is 118 Å². The van der Waals surface area contributed by atoms with Gasteiger partial charge in [-0.15, -0.1) is 0 Å². The minimum absolute atomic E-state index is 0.0975. The first-order chi connectivity index (χ1) is 37.5. The maximum absolute atomic E-state index is 12.9. The molecule has 0 spiro atoms. The molecule has 0 aromatic carbocycles. The molecular weight excluding hydrogens is 937 g/mol. The standard InChI is InChI=1S/C70H120O6/c1-4-7-10-13-16-19-22-25-27-29-30-31-32-33-34-35-36-37-38-39-40-42-43-45-48-51-54-57-60-63-69(72)75-66-67(65-74-68(71)62-59-56-53-50-47-24-21-18-15-12-9-6-3)76-70(73)64-61-58-55-52-49-46-44-41-28-26-23-20-17-14-11-8-5-2/h8,11,17,20,22,25-26,28-30,32-33,44,46,52,55,67H,4-7,9-10,12-16,18-19,21,23-24,27,31,34-43,45,47-51,53-54,56-66H2,1-3H3/b11-8-,20-17-,25-22-,28-26-,30-29-,33-32-,46-44-,55-52-. The fourth-order valence-corrected chi connectivity index (χ4v) is 9.02. The van der Waals surface area contributed by atoms with Crippen LogP contribution in [0, 0.1) is 0 Å². The van der Waals surface area contributed by atoms with Crippen molar-refractivity contribution in [2.45, 2.75) is 316 Å². The summed E-state index contributed by atoms with van der Waals surface area (Å²) in [4.78, 5) is 38.2. The highest BCUT2D eigenvalue weighted by Crippen LogP contribution is 2.16. The highest BCUT2D eigenvalue weighted by molar-refractivity contribution is 5.71. The van der Waals surface area contributed by atoms with Crippen molar-refractivity contribution in [2.24, 2.45) is 0 Å². The Hall–Kier alpha value is -3.67. The Morgan fingerprint density at radius 1 is 0.276 bits per heavy atom. The normalized spacial score (nSPS) is 12.7. The molecule has 6 heteroatoms.